The lowest BCUT2D eigenvalue weighted by Crippen LogP contribution is -2.19. The SMILES string of the molecule is Cc1ccc(C(S)C(O)CO)c(SCC(O)CO)c1. The number of rotatable bonds is 7. The maximum atomic E-state index is 9.67. The van der Waals surface area contributed by atoms with Crippen molar-refractivity contribution >= 4 is 24.4 Å². The molecule has 1 aromatic rings. The van der Waals surface area contributed by atoms with Crippen LogP contribution < -0.4 is 0 Å². The average Bonchev–Trinajstić information content (AvgIpc) is 2.43. The number of hydrogen-bond donors (Lipinski definition) is 5. The van der Waals surface area contributed by atoms with E-state index in [1.165, 1.54) is 11.8 Å². The summed E-state index contributed by atoms with van der Waals surface area (Å²) in [5.41, 5.74) is 1.87. The summed E-state index contributed by atoms with van der Waals surface area (Å²) in [5.74, 6) is 0.364. The van der Waals surface area contributed by atoms with E-state index in [-0.39, 0.29) is 13.2 Å². The third kappa shape index (κ3) is 4.98. The zero-order chi connectivity index (χ0) is 14.4. The first kappa shape index (κ1) is 16.8. The molecule has 6 heteroatoms. The highest BCUT2D eigenvalue weighted by atomic mass is 32.2. The molecule has 0 aromatic heterocycles. The Bertz CT molecular complexity index is 400. The van der Waals surface area contributed by atoms with Crippen molar-refractivity contribution < 1.29 is 20.4 Å². The van der Waals surface area contributed by atoms with Crippen molar-refractivity contribution in [1.29, 1.82) is 0 Å². The molecular formula is C13H20O4S2. The van der Waals surface area contributed by atoms with Crippen molar-refractivity contribution in [3.05, 3.63) is 29.3 Å². The van der Waals surface area contributed by atoms with Crippen LogP contribution in [-0.4, -0.2) is 51.6 Å². The van der Waals surface area contributed by atoms with E-state index in [9.17, 15) is 10.2 Å². The van der Waals surface area contributed by atoms with Crippen LogP contribution in [0.4, 0.5) is 0 Å². The highest BCUT2D eigenvalue weighted by Gasteiger charge is 2.20. The largest absolute Gasteiger partial charge is 0.394 e. The Hall–Kier alpha value is -0.240. The van der Waals surface area contributed by atoms with Crippen molar-refractivity contribution in [2.45, 2.75) is 29.3 Å². The Labute approximate surface area is 122 Å². The molecule has 0 saturated carbocycles. The molecule has 0 amide bonds. The highest BCUT2D eigenvalue weighted by Crippen LogP contribution is 2.34. The van der Waals surface area contributed by atoms with Crippen molar-refractivity contribution in [2.24, 2.45) is 0 Å². The van der Waals surface area contributed by atoms with Gasteiger partial charge in [0.2, 0.25) is 0 Å². The number of thioether (sulfide) groups is 1. The molecule has 19 heavy (non-hydrogen) atoms. The summed E-state index contributed by atoms with van der Waals surface area (Å²) in [4.78, 5) is 0.889. The Morgan fingerprint density at radius 1 is 1.21 bits per heavy atom. The number of aliphatic hydroxyl groups excluding tert-OH is 4. The summed E-state index contributed by atoms with van der Waals surface area (Å²) in [6.07, 6.45) is -1.72. The zero-order valence-electron chi connectivity index (χ0n) is 10.7. The van der Waals surface area contributed by atoms with Crippen LogP contribution in [0.2, 0.25) is 0 Å². The second kappa shape index (κ2) is 8.14. The van der Waals surface area contributed by atoms with Crippen molar-refractivity contribution in [3.63, 3.8) is 0 Å². The first-order chi connectivity index (χ1) is 8.99. The molecular weight excluding hydrogens is 284 g/mol. The molecule has 0 aliphatic heterocycles. The molecule has 3 unspecified atom stereocenters. The minimum absolute atomic E-state index is 0.280. The maximum Gasteiger partial charge on any atom is 0.0927 e. The number of thiol groups is 1. The standard InChI is InChI=1S/C13H20O4S2/c1-8-2-3-10(13(18)11(17)6-15)12(4-8)19-7-9(16)5-14/h2-4,9,11,13-18H,5-7H2,1H3. The molecule has 108 valence electrons. The fraction of sp³-hybridized carbons (Fsp3) is 0.538. The Kier molecular flexibility index (Phi) is 7.20. The first-order valence-corrected chi connectivity index (χ1v) is 7.49. The van der Waals surface area contributed by atoms with Crippen LogP contribution in [-0.2, 0) is 0 Å². The van der Waals surface area contributed by atoms with Crippen LogP contribution in [0.15, 0.2) is 23.1 Å². The zero-order valence-corrected chi connectivity index (χ0v) is 12.4. The van der Waals surface area contributed by atoms with E-state index >= 15 is 0 Å². The van der Waals surface area contributed by atoms with Crippen LogP contribution in [0.1, 0.15) is 16.4 Å². The lowest BCUT2D eigenvalue weighted by molar-refractivity contribution is 0.0931. The average molecular weight is 304 g/mol. The smallest absolute Gasteiger partial charge is 0.0927 e. The second-order valence-corrected chi connectivity index (χ2v) is 6.00. The summed E-state index contributed by atoms with van der Waals surface area (Å²) < 4.78 is 0. The fourth-order valence-corrected chi connectivity index (χ4v) is 3.07. The Morgan fingerprint density at radius 3 is 2.47 bits per heavy atom. The van der Waals surface area contributed by atoms with E-state index in [1.54, 1.807) is 0 Å². The quantitative estimate of drug-likeness (QED) is 0.380. The molecule has 0 saturated heterocycles. The monoisotopic (exact) mass is 304 g/mol. The topological polar surface area (TPSA) is 80.9 Å². The van der Waals surface area contributed by atoms with Crippen LogP contribution in [0, 0.1) is 6.92 Å². The summed E-state index contributed by atoms with van der Waals surface area (Å²) in [6, 6.07) is 5.71. The Balaban J connectivity index is 2.91. The fourth-order valence-electron chi connectivity index (χ4n) is 1.56. The van der Waals surface area contributed by atoms with Gasteiger partial charge in [0, 0.05) is 10.6 Å². The van der Waals surface area contributed by atoms with Gasteiger partial charge < -0.3 is 20.4 Å². The van der Waals surface area contributed by atoms with Gasteiger partial charge in [-0.2, -0.15) is 12.6 Å². The van der Waals surface area contributed by atoms with E-state index in [1.807, 2.05) is 25.1 Å². The highest BCUT2D eigenvalue weighted by molar-refractivity contribution is 7.99. The predicted molar refractivity (Wildman–Crippen MR) is 79.8 cm³/mol. The van der Waals surface area contributed by atoms with E-state index in [0.29, 0.717) is 5.75 Å². The van der Waals surface area contributed by atoms with Gasteiger partial charge in [-0.15, -0.1) is 11.8 Å². The summed E-state index contributed by atoms with van der Waals surface area (Å²) in [5, 5.41) is 36.4. The molecule has 0 bridgehead atoms. The van der Waals surface area contributed by atoms with Gasteiger partial charge in [-0.1, -0.05) is 12.1 Å². The summed E-state index contributed by atoms with van der Waals surface area (Å²) in [6.45, 7) is 1.31. The molecule has 0 spiro atoms. The first-order valence-electron chi connectivity index (χ1n) is 5.98. The molecule has 1 aromatic carbocycles. The minimum atomic E-state index is -0.937. The van der Waals surface area contributed by atoms with Crippen molar-refractivity contribution in [3.8, 4) is 0 Å². The van der Waals surface area contributed by atoms with Gasteiger partial charge in [0.05, 0.1) is 30.7 Å². The molecule has 0 aliphatic rings. The normalized spacial score (nSPS) is 16.1. The van der Waals surface area contributed by atoms with Crippen LogP contribution >= 0.6 is 24.4 Å². The van der Waals surface area contributed by atoms with Crippen LogP contribution in [0.3, 0.4) is 0 Å². The van der Waals surface area contributed by atoms with E-state index in [0.717, 1.165) is 16.0 Å². The Morgan fingerprint density at radius 2 is 1.89 bits per heavy atom. The molecule has 1 rings (SSSR count). The molecule has 0 fully saturated rings. The van der Waals surface area contributed by atoms with Gasteiger partial charge in [0.15, 0.2) is 0 Å². The van der Waals surface area contributed by atoms with Crippen molar-refractivity contribution in [2.75, 3.05) is 19.0 Å². The van der Waals surface area contributed by atoms with E-state index in [2.05, 4.69) is 12.6 Å². The molecule has 3 atom stereocenters. The third-order valence-corrected chi connectivity index (χ3v) is 4.52. The van der Waals surface area contributed by atoms with E-state index < -0.39 is 17.5 Å². The summed E-state index contributed by atoms with van der Waals surface area (Å²) in [7, 11) is 0. The number of hydrogen-bond acceptors (Lipinski definition) is 6. The van der Waals surface area contributed by atoms with Gasteiger partial charge in [0.1, 0.15) is 0 Å². The van der Waals surface area contributed by atoms with Crippen LogP contribution in [0.25, 0.3) is 0 Å². The maximum absolute atomic E-state index is 9.67. The third-order valence-electron chi connectivity index (χ3n) is 2.68. The van der Waals surface area contributed by atoms with Gasteiger partial charge in [-0.3, -0.25) is 0 Å². The van der Waals surface area contributed by atoms with Crippen molar-refractivity contribution in [1.82, 2.24) is 0 Å². The number of aryl methyl sites for hydroxylation is 1. The second-order valence-electron chi connectivity index (χ2n) is 4.38. The predicted octanol–water partition coefficient (Wildman–Crippen LogP) is 0.764. The lowest BCUT2D eigenvalue weighted by atomic mass is 10.1. The molecule has 0 heterocycles. The summed E-state index contributed by atoms with van der Waals surface area (Å²) >= 11 is 5.73. The number of benzene rings is 1. The minimum Gasteiger partial charge on any atom is -0.394 e. The molecule has 0 radical (unpaired) electrons. The van der Waals surface area contributed by atoms with E-state index in [4.69, 9.17) is 10.2 Å². The van der Waals surface area contributed by atoms with Gasteiger partial charge in [-0.05, 0) is 24.1 Å². The lowest BCUT2D eigenvalue weighted by Gasteiger charge is -2.20. The molecule has 4 nitrogen and oxygen atoms in total. The van der Waals surface area contributed by atoms with Gasteiger partial charge >= 0.3 is 0 Å². The van der Waals surface area contributed by atoms with Gasteiger partial charge in [0.25, 0.3) is 0 Å². The molecule has 4 N–H and O–H groups in total. The number of aliphatic hydroxyl groups is 4. The molecule has 0 aliphatic carbocycles. The van der Waals surface area contributed by atoms with Crippen LogP contribution in [0.5, 0.6) is 0 Å². The van der Waals surface area contributed by atoms with Gasteiger partial charge in [-0.25, -0.2) is 0 Å².